The van der Waals surface area contributed by atoms with Gasteiger partial charge in [0.2, 0.25) is 5.95 Å². The number of rotatable bonds is 2. The van der Waals surface area contributed by atoms with Crippen molar-refractivity contribution < 1.29 is 0 Å². The standard InChI is InChI=1S/C18H20ClN5O2/c1-4-22-16(25)14-15(21(3)18(22)26)20-17-23(9-11(2)10-24(14)17)13-7-5-12(19)6-8-13/h5-8,11H,4,9-10H2,1-3H3/t11-/m0/s1. The number of hydrogen-bond acceptors (Lipinski definition) is 4. The lowest BCUT2D eigenvalue weighted by Crippen LogP contribution is -2.40. The number of fused-ring (bicyclic) bond motifs is 3. The molecule has 8 heteroatoms. The molecule has 0 aliphatic carbocycles. The van der Waals surface area contributed by atoms with Crippen LogP contribution in [0.4, 0.5) is 11.6 Å². The number of hydrogen-bond donors (Lipinski definition) is 0. The maximum absolute atomic E-state index is 12.9. The van der Waals surface area contributed by atoms with Crippen molar-refractivity contribution in [2.75, 3.05) is 11.4 Å². The molecule has 136 valence electrons. The minimum atomic E-state index is -0.341. The summed E-state index contributed by atoms with van der Waals surface area (Å²) in [5.74, 6) is 1.00. The molecule has 1 atom stereocenters. The van der Waals surface area contributed by atoms with Gasteiger partial charge in [-0.05, 0) is 37.1 Å². The van der Waals surface area contributed by atoms with Crippen LogP contribution in [0, 0.1) is 5.92 Å². The Kier molecular flexibility index (Phi) is 3.91. The fourth-order valence-corrected chi connectivity index (χ4v) is 3.75. The molecule has 0 spiro atoms. The third kappa shape index (κ3) is 2.38. The molecule has 0 radical (unpaired) electrons. The predicted molar refractivity (Wildman–Crippen MR) is 103 cm³/mol. The zero-order chi connectivity index (χ0) is 18.6. The van der Waals surface area contributed by atoms with Crippen LogP contribution in [0.25, 0.3) is 11.2 Å². The molecule has 1 aromatic carbocycles. The highest BCUT2D eigenvalue weighted by Gasteiger charge is 2.29. The molecule has 0 unspecified atom stereocenters. The Bertz CT molecular complexity index is 1110. The van der Waals surface area contributed by atoms with E-state index in [-0.39, 0.29) is 11.2 Å². The van der Waals surface area contributed by atoms with E-state index in [1.54, 1.807) is 14.0 Å². The highest BCUT2D eigenvalue weighted by atomic mass is 35.5. The Hall–Kier alpha value is -2.54. The zero-order valence-electron chi connectivity index (χ0n) is 14.9. The minimum Gasteiger partial charge on any atom is -0.312 e. The topological polar surface area (TPSA) is 65.1 Å². The van der Waals surface area contributed by atoms with Gasteiger partial charge in [0.15, 0.2) is 11.2 Å². The lowest BCUT2D eigenvalue weighted by molar-refractivity contribution is 0.458. The van der Waals surface area contributed by atoms with Gasteiger partial charge < -0.3 is 9.47 Å². The summed E-state index contributed by atoms with van der Waals surface area (Å²) in [5, 5.41) is 0.667. The van der Waals surface area contributed by atoms with E-state index in [9.17, 15) is 9.59 Å². The van der Waals surface area contributed by atoms with Gasteiger partial charge in [0.1, 0.15) is 0 Å². The van der Waals surface area contributed by atoms with Gasteiger partial charge in [-0.25, -0.2) is 4.79 Å². The molecule has 4 rings (SSSR count). The normalized spacial score (nSPS) is 16.9. The third-order valence-corrected chi connectivity index (χ3v) is 5.15. The molecule has 0 N–H and O–H groups in total. The quantitative estimate of drug-likeness (QED) is 0.691. The smallest absolute Gasteiger partial charge is 0.312 e. The van der Waals surface area contributed by atoms with E-state index in [0.29, 0.717) is 41.1 Å². The fraction of sp³-hybridized carbons (Fsp3) is 0.389. The number of imidazole rings is 1. The summed E-state index contributed by atoms with van der Waals surface area (Å²) in [6.45, 7) is 5.73. The Labute approximate surface area is 155 Å². The van der Waals surface area contributed by atoms with E-state index in [0.717, 1.165) is 12.2 Å². The summed E-state index contributed by atoms with van der Waals surface area (Å²) in [7, 11) is 1.66. The van der Waals surface area contributed by atoms with Crippen LogP contribution in [0.3, 0.4) is 0 Å². The number of halogens is 1. The first-order valence-corrected chi connectivity index (χ1v) is 9.03. The van der Waals surface area contributed by atoms with Crippen molar-refractivity contribution in [2.24, 2.45) is 13.0 Å². The maximum atomic E-state index is 12.9. The third-order valence-electron chi connectivity index (χ3n) is 4.90. The van der Waals surface area contributed by atoms with E-state index >= 15 is 0 Å². The second kappa shape index (κ2) is 6.02. The predicted octanol–water partition coefficient (Wildman–Crippen LogP) is 2.36. The maximum Gasteiger partial charge on any atom is 0.332 e. The van der Waals surface area contributed by atoms with Crippen LogP contribution >= 0.6 is 11.6 Å². The molecular weight excluding hydrogens is 354 g/mol. The van der Waals surface area contributed by atoms with Crippen molar-refractivity contribution >= 4 is 34.4 Å². The van der Waals surface area contributed by atoms with Crippen LogP contribution in [0.2, 0.25) is 5.02 Å². The second-order valence-electron chi connectivity index (χ2n) is 6.78. The van der Waals surface area contributed by atoms with E-state index in [1.165, 1.54) is 9.13 Å². The van der Waals surface area contributed by atoms with Crippen LogP contribution in [0.15, 0.2) is 33.9 Å². The summed E-state index contributed by atoms with van der Waals surface area (Å²) in [6.07, 6.45) is 0. The molecule has 7 nitrogen and oxygen atoms in total. The molecule has 1 aliphatic rings. The van der Waals surface area contributed by atoms with Crippen LogP contribution in [-0.2, 0) is 20.1 Å². The highest BCUT2D eigenvalue weighted by molar-refractivity contribution is 6.30. The van der Waals surface area contributed by atoms with Gasteiger partial charge in [-0.15, -0.1) is 0 Å². The molecule has 1 aliphatic heterocycles. The van der Waals surface area contributed by atoms with Crippen molar-refractivity contribution in [3.63, 3.8) is 0 Å². The number of anilines is 2. The first kappa shape index (κ1) is 16.9. The van der Waals surface area contributed by atoms with Gasteiger partial charge in [-0.1, -0.05) is 18.5 Å². The average molecular weight is 374 g/mol. The van der Waals surface area contributed by atoms with Crippen LogP contribution in [0.1, 0.15) is 13.8 Å². The molecule has 0 saturated carbocycles. The summed E-state index contributed by atoms with van der Waals surface area (Å²) < 4.78 is 4.64. The molecule has 0 bridgehead atoms. The van der Waals surface area contributed by atoms with Gasteiger partial charge in [0, 0.05) is 37.4 Å². The van der Waals surface area contributed by atoms with Crippen LogP contribution < -0.4 is 16.1 Å². The zero-order valence-corrected chi connectivity index (χ0v) is 15.7. The monoisotopic (exact) mass is 373 g/mol. The Morgan fingerprint density at radius 1 is 1.19 bits per heavy atom. The molecule has 3 aromatic rings. The van der Waals surface area contributed by atoms with Gasteiger partial charge >= 0.3 is 5.69 Å². The Morgan fingerprint density at radius 2 is 1.88 bits per heavy atom. The number of nitrogens with zero attached hydrogens (tertiary/aromatic N) is 5. The molecular formula is C18H20ClN5O2. The summed E-state index contributed by atoms with van der Waals surface area (Å²) in [6, 6.07) is 7.55. The first-order valence-electron chi connectivity index (χ1n) is 8.65. The van der Waals surface area contributed by atoms with Gasteiger partial charge in [-0.3, -0.25) is 13.9 Å². The fourth-order valence-electron chi connectivity index (χ4n) is 3.62. The lowest BCUT2D eigenvalue weighted by atomic mass is 10.1. The summed E-state index contributed by atoms with van der Waals surface area (Å²) in [4.78, 5) is 32.1. The Balaban J connectivity index is 2.03. The molecule has 3 heterocycles. The molecule has 0 fully saturated rings. The van der Waals surface area contributed by atoms with E-state index in [1.807, 2.05) is 28.8 Å². The van der Waals surface area contributed by atoms with E-state index < -0.39 is 0 Å². The molecule has 0 saturated heterocycles. The average Bonchev–Trinajstić information content (AvgIpc) is 3.00. The summed E-state index contributed by atoms with van der Waals surface area (Å²) in [5.41, 5.74) is 1.24. The van der Waals surface area contributed by atoms with Crippen molar-refractivity contribution in [2.45, 2.75) is 26.9 Å². The van der Waals surface area contributed by atoms with Crippen molar-refractivity contribution in [3.8, 4) is 0 Å². The largest absolute Gasteiger partial charge is 0.332 e. The van der Waals surface area contributed by atoms with Gasteiger partial charge in [0.05, 0.1) is 0 Å². The number of aryl methyl sites for hydroxylation is 1. The van der Waals surface area contributed by atoms with Crippen LogP contribution in [-0.4, -0.2) is 25.2 Å². The van der Waals surface area contributed by atoms with Crippen LogP contribution in [0.5, 0.6) is 0 Å². The first-order chi connectivity index (χ1) is 12.4. The van der Waals surface area contributed by atoms with Crippen molar-refractivity contribution in [1.29, 1.82) is 0 Å². The van der Waals surface area contributed by atoms with Gasteiger partial charge in [-0.2, -0.15) is 4.98 Å². The lowest BCUT2D eigenvalue weighted by Gasteiger charge is -2.33. The van der Waals surface area contributed by atoms with Crippen molar-refractivity contribution in [3.05, 3.63) is 50.1 Å². The van der Waals surface area contributed by atoms with E-state index in [4.69, 9.17) is 11.6 Å². The van der Waals surface area contributed by atoms with Crippen molar-refractivity contribution in [1.82, 2.24) is 18.7 Å². The Morgan fingerprint density at radius 3 is 2.54 bits per heavy atom. The SMILES string of the molecule is CCn1c(=O)c2c(nc3n2C[C@@H](C)CN3c2ccc(Cl)cc2)n(C)c1=O. The van der Waals surface area contributed by atoms with Gasteiger partial charge in [0.25, 0.3) is 5.56 Å². The molecule has 2 aromatic heterocycles. The summed E-state index contributed by atoms with van der Waals surface area (Å²) >= 11 is 6.01. The molecule has 26 heavy (non-hydrogen) atoms. The second-order valence-corrected chi connectivity index (χ2v) is 7.21. The highest BCUT2D eigenvalue weighted by Crippen LogP contribution is 2.33. The number of benzene rings is 1. The minimum absolute atomic E-state index is 0.283. The number of aromatic nitrogens is 4. The molecule has 0 amide bonds. The van der Waals surface area contributed by atoms with E-state index in [2.05, 4.69) is 16.8 Å².